The maximum absolute atomic E-state index is 13.0. The highest BCUT2D eigenvalue weighted by atomic mass is 32.2. The summed E-state index contributed by atoms with van der Waals surface area (Å²) in [6.07, 6.45) is 0. The van der Waals surface area contributed by atoms with Gasteiger partial charge in [0.05, 0.1) is 16.1 Å². The van der Waals surface area contributed by atoms with E-state index in [1.54, 1.807) is 6.07 Å². The standard InChI is InChI=1S/C11H14FN3S/c1-11(2,3)14-10-13-8-5-4-7(12)6-9(8)16-15-10/h4-6H,1-3H3,(H2,13,14,15). The van der Waals surface area contributed by atoms with Gasteiger partial charge in [-0.2, -0.15) is 0 Å². The molecule has 16 heavy (non-hydrogen) atoms. The van der Waals surface area contributed by atoms with Gasteiger partial charge in [0, 0.05) is 0 Å². The molecule has 1 aromatic rings. The minimum absolute atomic E-state index is 0.145. The largest absolute Gasteiger partial charge is 0.325 e. The van der Waals surface area contributed by atoms with Gasteiger partial charge in [0.1, 0.15) is 5.82 Å². The van der Waals surface area contributed by atoms with Gasteiger partial charge in [0.25, 0.3) is 0 Å². The second kappa shape index (κ2) is 3.97. The number of nitrogens with zero attached hydrogens (tertiary/aromatic N) is 1. The van der Waals surface area contributed by atoms with E-state index in [-0.39, 0.29) is 11.4 Å². The number of nitrogens with one attached hydrogen (secondary N) is 2. The van der Waals surface area contributed by atoms with Crippen LogP contribution in [0.5, 0.6) is 0 Å². The van der Waals surface area contributed by atoms with Crippen LogP contribution in [0.15, 0.2) is 28.1 Å². The normalized spacial score (nSPS) is 17.6. The Morgan fingerprint density at radius 2 is 2.06 bits per heavy atom. The van der Waals surface area contributed by atoms with Crippen molar-refractivity contribution in [2.75, 3.05) is 5.32 Å². The van der Waals surface area contributed by atoms with Gasteiger partial charge in [-0.25, -0.2) is 9.38 Å². The molecule has 0 saturated heterocycles. The van der Waals surface area contributed by atoms with Crippen molar-refractivity contribution < 1.29 is 4.39 Å². The molecule has 1 aliphatic rings. The molecule has 1 aromatic carbocycles. The molecule has 0 radical (unpaired) electrons. The molecule has 5 heteroatoms. The molecule has 1 heterocycles. The fourth-order valence-corrected chi connectivity index (χ4v) is 2.03. The van der Waals surface area contributed by atoms with Crippen molar-refractivity contribution >= 4 is 23.6 Å². The summed E-state index contributed by atoms with van der Waals surface area (Å²) < 4.78 is 16.0. The van der Waals surface area contributed by atoms with Crippen molar-refractivity contribution in [1.29, 1.82) is 0 Å². The summed E-state index contributed by atoms with van der Waals surface area (Å²) in [7, 11) is 0. The molecule has 86 valence electrons. The molecular formula is C11H14FN3S. The summed E-state index contributed by atoms with van der Waals surface area (Å²) in [4.78, 5) is 5.31. The van der Waals surface area contributed by atoms with E-state index in [0.717, 1.165) is 10.6 Å². The molecule has 1 aliphatic heterocycles. The Balaban J connectivity index is 2.25. The molecule has 0 aliphatic carbocycles. The Labute approximate surface area is 98.7 Å². The van der Waals surface area contributed by atoms with E-state index >= 15 is 0 Å². The van der Waals surface area contributed by atoms with E-state index < -0.39 is 0 Å². The highest BCUT2D eigenvalue weighted by molar-refractivity contribution is 7.98. The Kier molecular flexibility index (Phi) is 2.80. The lowest BCUT2D eigenvalue weighted by Gasteiger charge is -2.23. The molecule has 0 amide bonds. The molecule has 0 saturated carbocycles. The van der Waals surface area contributed by atoms with Crippen LogP contribution >= 0.6 is 11.9 Å². The lowest BCUT2D eigenvalue weighted by Crippen LogP contribution is -2.32. The number of benzene rings is 1. The Bertz CT molecular complexity index is 437. The number of aliphatic imine (C=N–C) groups is 1. The van der Waals surface area contributed by atoms with Crippen molar-refractivity contribution in [3.05, 3.63) is 24.0 Å². The summed E-state index contributed by atoms with van der Waals surface area (Å²) in [5.74, 6) is 0.475. The fourth-order valence-electron chi connectivity index (χ4n) is 1.33. The number of anilines is 1. The monoisotopic (exact) mass is 239 g/mol. The van der Waals surface area contributed by atoms with Gasteiger partial charge >= 0.3 is 0 Å². The van der Waals surface area contributed by atoms with Gasteiger partial charge in [0.2, 0.25) is 5.96 Å². The van der Waals surface area contributed by atoms with Crippen molar-refractivity contribution in [1.82, 2.24) is 4.72 Å². The predicted molar refractivity (Wildman–Crippen MR) is 66.2 cm³/mol. The summed E-state index contributed by atoms with van der Waals surface area (Å²) in [6, 6.07) is 4.65. The van der Waals surface area contributed by atoms with E-state index in [9.17, 15) is 4.39 Å². The van der Waals surface area contributed by atoms with Crippen LogP contribution in [-0.2, 0) is 0 Å². The Morgan fingerprint density at radius 3 is 2.75 bits per heavy atom. The van der Waals surface area contributed by atoms with E-state index in [1.165, 1.54) is 24.1 Å². The van der Waals surface area contributed by atoms with Crippen LogP contribution in [0.4, 0.5) is 10.1 Å². The Morgan fingerprint density at radius 1 is 1.31 bits per heavy atom. The lowest BCUT2D eigenvalue weighted by atomic mass is 10.1. The quantitative estimate of drug-likeness (QED) is 0.683. The van der Waals surface area contributed by atoms with Crippen LogP contribution in [0, 0.1) is 5.82 Å². The second-order valence-electron chi connectivity index (χ2n) is 4.60. The zero-order valence-corrected chi connectivity index (χ0v) is 10.3. The minimum atomic E-state index is -0.230. The number of hydrogen-bond donors (Lipinski definition) is 2. The van der Waals surface area contributed by atoms with Gasteiger partial charge in [-0.3, -0.25) is 4.72 Å². The van der Waals surface area contributed by atoms with Crippen molar-refractivity contribution in [2.45, 2.75) is 31.2 Å². The third kappa shape index (κ3) is 2.66. The molecule has 2 rings (SSSR count). The lowest BCUT2D eigenvalue weighted by molar-refractivity contribution is 0.582. The summed E-state index contributed by atoms with van der Waals surface area (Å²) in [5, 5.41) is 3.13. The van der Waals surface area contributed by atoms with Crippen LogP contribution in [0.25, 0.3) is 0 Å². The SMILES string of the molecule is CC(C)(C)N=C1NSc2cc(F)ccc2N1. The molecule has 2 N–H and O–H groups in total. The number of guanidine groups is 1. The third-order valence-corrected chi connectivity index (χ3v) is 2.75. The zero-order valence-electron chi connectivity index (χ0n) is 9.47. The second-order valence-corrected chi connectivity index (χ2v) is 5.45. The first-order chi connectivity index (χ1) is 7.44. The predicted octanol–water partition coefficient (Wildman–Crippen LogP) is 3.00. The van der Waals surface area contributed by atoms with Gasteiger partial charge < -0.3 is 5.32 Å². The van der Waals surface area contributed by atoms with E-state index in [4.69, 9.17) is 0 Å². The summed E-state index contributed by atoms with van der Waals surface area (Å²) in [6.45, 7) is 6.07. The number of halogens is 1. The van der Waals surface area contributed by atoms with Crippen LogP contribution < -0.4 is 10.0 Å². The van der Waals surface area contributed by atoms with Crippen molar-refractivity contribution in [3.63, 3.8) is 0 Å². The minimum Gasteiger partial charge on any atom is -0.325 e. The third-order valence-electron chi connectivity index (χ3n) is 1.90. The number of rotatable bonds is 0. The molecule has 3 nitrogen and oxygen atoms in total. The molecule has 0 atom stereocenters. The molecule has 0 unspecified atom stereocenters. The van der Waals surface area contributed by atoms with Crippen LogP contribution in [-0.4, -0.2) is 11.5 Å². The Hall–Kier alpha value is -1.23. The van der Waals surface area contributed by atoms with E-state index in [1.807, 2.05) is 20.8 Å². The van der Waals surface area contributed by atoms with Crippen LogP contribution in [0.2, 0.25) is 0 Å². The van der Waals surface area contributed by atoms with E-state index in [2.05, 4.69) is 15.0 Å². The summed E-state index contributed by atoms with van der Waals surface area (Å²) >= 11 is 1.37. The van der Waals surface area contributed by atoms with Gasteiger partial charge in [-0.1, -0.05) is 0 Å². The molecule has 0 spiro atoms. The smallest absolute Gasteiger partial charge is 0.206 e. The molecule has 0 fully saturated rings. The average Bonchev–Trinajstić information content (AvgIpc) is 2.16. The van der Waals surface area contributed by atoms with Crippen molar-refractivity contribution in [2.24, 2.45) is 4.99 Å². The highest BCUT2D eigenvalue weighted by Crippen LogP contribution is 2.29. The molecule has 0 aromatic heterocycles. The maximum Gasteiger partial charge on any atom is 0.206 e. The van der Waals surface area contributed by atoms with Gasteiger partial charge in [0.15, 0.2) is 0 Å². The molecular weight excluding hydrogens is 225 g/mol. The first-order valence-corrected chi connectivity index (χ1v) is 5.85. The van der Waals surface area contributed by atoms with Gasteiger partial charge in [-0.15, -0.1) is 0 Å². The topological polar surface area (TPSA) is 36.4 Å². The maximum atomic E-state index is 13.0. The van der Waals surface area contributed by atoms with Crippen molar-refractivity contribution in [3.8, 4) is 0 Å². The number of fused-ring (bicyclic) bond motifs is 1. The summed E-state index contributed by atoms with van der Waals surface area (Å²) in [5.41, 5.74) is 0.737. The fraction of sp³-hybridized carbons (Fsp3) is 0.364. The first-order valence-electron chi connectivity index (χ1n) is 5.03. The number of hydrogen-bond acceptors (Lipinski definition) is 2. The zero-order chi connectivity index (χ0) is 11.8. The highest BCUT2D eigenvalue weighted by Gasteiger charge is 2.17. The first kappa shape index (κ1) is 11.3. The van der Waals surface area contributed by atoms with Crippen LogP contribution in [0.1, 0.15) is 20.8 Å². The van der Waals surface area contributed by atoms with Crippen LogP contribution in [0.3, 0.4) is 0 Å². The van der Waals surface area contributed by atoms with Gasteiger partial charge in [-0.05, 0) is 50.9 Å². The van der Waals surface area contributed by atoms with E-state index in [0.29, 0.717) is 5.96 Å². The molecule has 0 bridgehead atoms. The average molecular weight is 239 g/mol.